The molecule has 0 saturated carbocycles. The summed E-state index contributed by atoms with van der Waals surface area (Å²) in [6.45, 7) is 3.36. The molecule has 3 aromatic rings. The molecule has 1 saturated heterocycles. The quantitative estimate of drug-likeness (QED) is 0.658. The summed E-state index contributed by atoms with van der Waals surface area (Å²) in [6, 6.07) is 5.47. The van der Waals surface area contributed by atoms with Crippen LogP contribution in [0.4, 0.5) is 19.0 Å². The number of alkyl halides is 3. The van der Waals surface area contributed by atoms with Crippen molar-refractivity contribution >= 4 is 16.9 Å². The lowest BCUT2D eigenvalue weighted by Gasteiger charge is -2.33. The zero-order valence-corrected chi connectivity index (χ0v) is 16.0. The van der Waals surface area contributed by atoms with Crippen LogP contribution in [0.5, 0.6) is 11.5 Å². The van der Waals surface area contributed by atoms with Gasteiger partial charge < -0.3 is 14.4 Å². The van der Waals surface area contributed by atoms with E-state index in [1.807, 2.05) is 14.0 Å². The molecule has 3 heterocycles. The standard InChI is InChI=1S/C19H20F3N5O2/c1-12-24-17-16(11-23-26(17)2)18(25-12)27-9-7-14(8-10-27)28-13-3-5-15(6-4-13)29-19(20,21)22/h3-6,11,14H,7-10H2,1-2H3. The van der Waals surface area contributed by atoms with E-state index in [0.29, 0.717) is 11.6 Å². The van der Waals surface area contributed by atoms with Crippen molar-refractivity contribution < 1.29 is 22.6 Å². The molecule has 0 spiro atoms. The van der Waals surface area contributed by atoms with Crippen LogP contribution in [0, 0.1) is 6.92 Å². The van der Waals surface area contributed by atoms with Crippen LogP contribution in [0.15, 0.2) is 30.5 Å². The van der Waals surface area contributed by atoms with E-state index >= 15 is 0 Å². The maximum Gasteiger partial charge on any atom is 0.573 e. The SMILES string of the molecule is Cc1nc(N2CCC(Oc3ccc(OC(F)(F)F)cc3)CC2)c2cnn(C)c2n1. The molecule has 0 atom stereocenters. The highest BCUT2D eigenvalue weighted by Crippen LogP contribution is 2.29. The van der Waals surface area contributed by atoms with Crippen LogP contribution in [0.3, 0.4) is 0 Å². The summed E-state index contributed by atoms with van der Waals surface area (Å²) >= 11 is 0. The minimum atomic E-state index is -4.70. The lowest BCUT2D eigenvalue weighted by molar-refractivity contribution is -0.274. The first-order valence-corrected chi connectivity index (χ1v) is 9.22. The Bertz CT molecular complexity index is 995. The van der Waals surface area contributed by atoms with Crippen LogP contribution in [-0.4, -0.2) is 45.3 Å². The molecular formula is C19H20F3N5O2. The fourth-order valence-corrected chi connectivity index (χ4v) is 3.45. The number of benzene rings is 1. The normalized spacial score (nSPS) is 15.7. The van der Waals surface area contributed by atoms with Crippen LogP contribution in [0.25, 0.3) is 11.0 Å². The van der Waals surface area contributed by atoms with Gasteiger partial charge in [0, 0.05) is 33.0 Å². The number of anilines is 1. The van der Waals surface area contributed by atoms with E-state index < -0.39 is 6.36 Å². The Morgan fingerprint density at radius 3 is 2.34 bits per heavy atom. The number of nitrogens with zero attached hydrogens (tertiary/aromatic N) is 5. The van der Waals surface area contributed by atoms with E-state index in [2.05, 4.69) is 24.7 Å². The molecule has 2 aromatic heterocycles. The molecule has 7 nitrogen and oxygen atoms in total. The third-order valence-electron chi connectivity index (χ3n) is 4.79. The number of piperidine rings is 1. The minimum absolute atomic E-state index is 0.0204. The van der Waals surface area contributed by atoms with E-state index in [9.17, 15) is 13.2 Å². The van der Waals surface area contributed by atoms with E-state index in [-0.39, 0.29) is 11.9 Å². The highest BCUT2D eigenvalue weighted by Gasteiger charge is 2.31. The third kappa shape index (κ3) is 4.36. The number of hydrogen-bond donors (Lipinski definition) is 0. The first kappa shape index (κ1) is 19.3. The van der Waals surface area contributed by atoms with Gasteiger partial charge in [-0.2, -0.15) is 5.10 Å². The number of rotatable bonds is 4. The molecule has 0 radical (unpaired) electrons. The average molecular weight is 407 g/mol. The van der Waals surface area contributed by atoms with Gasteiger partial charge in [0.15, 0.2) is 5.65 Å². The van der Waals surface area contributed by atoms with Gasteiger partial charge in [-0.3, -0.25) is 4.68 Å². The molecule has 1 fully saturated rings. The molecule has 0 amide bonds. The minimum Gasteiger partial charge on any atom is -0.490 e. The summed E-state index contributed by atoms with van der Waals surface area (Å²) in [5.74, 6) is 1.81. The van der Waals surface area contributed by atoms with Gasteiger partial charge in [-0.25, -0.2) is 9.97 Å². The number of fused-ring (bicyclic) bond motifs is 1. The van der Waals surface area contributed by atoms with Crippen molar-refractivity contribution in [2.24, 2.45) is 7.05 Å². The molecule has 10 heteroatoms. The smallest absolute Gasteiger partial charge is 0.490 e. The summed E-state index contributed by atoms with van der Waals surface area (Å²) in [5.41, 5.74) is 0.798. The second-order valence-corrected chi connectivity index (χ2v) is 6.92. The Balaban J connectivity index is 1.39. The second-order valence-electron chi connectivity index (χ2n) is 6.92. The molecule has 29 heavy (non-hydrogen) atoms. The maximum atomic E-state index is 12.2. The molecular weight excluding hydrogens is 387 g/mol. The lowest BCUT2D eigenvalue weighted by Crippen LogP contribution is -2.38. The van der Waals surface area contributed by atoms with Crippen LogP contribution in [0.2, 0.25) is 0 Å². The van der Waals surface area contributed by atoms with Crippen molar-refractivity contribution in [3.63, 3.8) is 0 Å². The van der Waals surface area contributed by atoms with Crippen molar-refractivity contribution in [2.75, 3.05) is 18.0 Å². The van der Waals surface area contributed by atoms with Gasteiger partial charge in [0.05, 0.1) is 11.6 Å². The molecule has 1 aromatic carbocycles. The summed E-state index contributed by atoms with van der Waals surface area (Å²) in [5, 5.41) is 5.19. The number of hydrogen-bond acceptors (Lipinski definition) is 6. The van der Waals surface area contributed by atoms with Crippen molar-refractivity contribution in [1.82, 2.24) is 19.7 Å². The average Bonchev–Trinajstić information content (AvgIpc) is 3.03. The predicted molar refractivity (Wildman–Crippen MR) is 100 cm³/mol. The monoisotopic (exact) mass is 407 g/mol. The second kappa shape index (κ2) is 7.41. The largest absolute Gasteiger partial charge is 0.573 e. The molecule has 0 unspecified atom stereocenters. The highest BCUT2D eigenvalue weighted by molar-refractivity contribution is 5.87. The lowest BCUT2D eigenvalue weighted by atomic mass is 10.1. The molecule has 1 aliphatic rings. The Hall–Kier alpha value is -3.04. The van der Waals surface area contributed by atoms with Crippen molar-refractivity contribution in [3.8, 4) is 11.5 Å². The molecule has 154 valence electrons. The Morgan fingerprint density at radius 2 is 1.69 bits per heavy atom. The molecule has 0 N–H and O–H groups in total. The van der Waals surface area contributed by atoms with Crippen LogP contribution < -0.4 is 14.4 Å². The molecule has 4 rings (SSSR count). The molecule has 0 aliphatic carbocycles. The van der Waals surface area contributed by atoms with Crippen molar-refractivity contribution in [2.45, 2.75) is 32.2 Å². The van der Waals surface area contributed by atoms with Gasteiger partial charge in [-0.05, 0) is 31.2 Å². The molecule has 1 aliphatic heterocycles. The van der Waals surface area contributed by atoms with Gasteiger partial charge in [0.2, 0.25) is 0 Å². The van der Waals surface area contributed by atoms with E-state index in [1.54, 1.807) is 10.9 Å². The fraction of sp³-hybridized carbons (Fsp3) is 0.421. The van der Waals surface area contributed by atoms with Gasteiger partial charge in [-0.1, -0.05) is 0 Å². The summed E-state index contributed by atoms with van der Waals surface area (Å²) < 4.78 is 48.3. The zero-order chi connectivity index (χ0) is 20.6. The highest BCUT2D eigenvalue weighted by atomic mass is 19.4. The van der Waals surface area contributed by atoms with Gasteiger partial charge in [-0.15, -0.1) is 13.2 Å². The summed E-state index contributed by atoms with van der Waals surface area (Å²) in [7, 11) is 1.85. The third-order valence-corrected chi connectivity index (χ3v) is 4.79. The van der Waals surface area contributed by atoms with Crippen LogP contribution >= 0.6 is 0 Å². The number of aromatic nitrogens is 4. The van der Waals surface area contributed by atoms with Crippen molar-refractivity contribution in [1.29, 1.82) is 0 Å². The van der Waals surface area contributed by atoms with Gasteiger partial charge >= 0.3 is 6.36 Å². The van der Waals surface area contributed by atoms with E-state index in [4.69, 9.17) is 4.74 Å². The Kier molecular flexibility index (Phi) is 4.93. The summed E-state index contributed by atoms with van der Waals surface area (Å²) in [6.07, 6.45) is -1.41. The first-order valence-electron chi connectivity index (χ1n) is 9.22. The topological polar surface area (TPSA) is 65.3 Å². The predicted octanol–water partition coefficient (Wildman–Crippen LogP) is 3.62. The number of aryl methyl sites for hydroxylation is 2. The van der Waals surface area contributed by atoms with Crippen LogP contribution in [0.1, 0.15) is 18.7 Å². The molecule has 0 bridgehead atoms. The Morgan fingerprint density at radius 1 is 1.03 bits per heavy atom. The first-order chi connectivity index (χ1) is 13.8. The maximum absolute atomic E-state index is 12.2. The van der Waals surface area contributed by atoms with Crippen LogP contribution in [-0.2, 0) is 7.05 Å². The zero-order valence-electron chi connectivity index (χ0n) is 16.0. The Labute approximate surface area is 165 Å². The fourth-order valence-electron chi connectivity index (χ4n) is 3.45. The summed E-state index contributed by atoms with van der Waals surface area (Å²) in [4.78, 5) is 11.2. The van der Waals surface area contributed by atoms with E-state index in [0.717, 1.165) is 42.8 Å². The number of ether oxygens (including phenoxy) is 2. The van der Waals surface area contributed by atoms with Gasteiger partial charge in [0.1, 0.15) is 29.2 Å². The van der Waals surface area contributed by atoms with Crippen molar-refractivity contribution in [3.05, 3.63) is 36.3 Å². The van der Waals surface area contributed by atoms with E-state index in [1.165, 1.54) is 24.3 Å². The number of halogens is 3. The van der Waals surface area contributed by atoms with Gasteiger partial charge in [0.25, 0.3) is 0 Å².